The quantitative estimate of drug-likeness (QED) is 0.690. The first-order valence-corrected chi connectivity index (χ1v) is 3.15. The molecule has 2 N–H and O–H groups in total. The topological polar surface area (TPSA) is 78.8 Å². The van der Waals surface area contributed by atoms with E-state index in [-0.39, 0.29) is 32.7 Å². The first-order valence-electron chi connectivity index (χ1n) is 3.15. The number of aryl methyl sites for hydroxylation is 1. The Morgan fingerprint density at radius 3 is 2.83 bits per heavy atom. The number of hydrogen-bond acceptors (Lipinski definition) is 4. The third kappa shape index (κ3) is 1.47. The maximum atomic E-state index is 5.52. The minimum atomic E-state index is 0. The zero-order valence-corrected chi connectivity index (χ0v) is 9.36. The summed E-state index contributed by atoms with van der Waals surface area (Å²) in [7, 11) is 0. The predicted octanol–water partition coefficient (Wildman–Crippen LogP) is -0.130. The smallest absolute Gasteiger partial charge is 0.134 e. The molecule has 0 atom stereocenters. The Labute approximate surface area is 94.1 Å². The molecule has 0 saturated carbocycles. The summed E-state index contributed by atoms with van der Waals surface area (Å²) in [5, 5.41) is 0. The summed E-state index contributed by atoms with van der Waals surface area (Å²) < 4.78 is 0. The first kappa shape index (κ1) is 9.54. The fourth-order valence-corrected chi connectivity index (χ4v) is 0.912. The van der Waals surface area contributed by atoms with E-state index >= 15 is 0 Å². The predicted molar refractivity (Wildman–Crippen MR) is 39.8 cm³/mol. The Morgan fingerprint density at radius 2 is 2.17 bits per heavy atom. The minimum absolute atomic E-state index is 0. The van der Waals surface area contributed by atoms with Gasteiger partial charge in [0.05, 0.1) is 0 Å². The zero-order chi connectivity index (χ0) is 7.84. The van der Waals surface area contributed by atoms with E-state index < -0.39 is 0 Å². The van der Waals surface area contributed by atoms with Crippen molar-refractivity contribution in [3.8, 4) is 0 Å². The van der Waals surface area contributed by atoms with Crippen LogP contribution in [0.1, 0.15) is 5.82 Å². The number of rotatable bonds is 0. The van der Waals surface area contributed by atoms with Gasteiger partial charge in [0.2, 0.25) is 0 Å². The molecule has 12 heavy (non-hydrogen) atoms. The molecule has 0 aromatic carbocycles. The maximum absolute atomic E-state index is 5.52. The van der Waals surface area contributed by atoms with Crippen LogP contribution in [0, 0.1) is 6.92 Å². The van der Waals surface area contributed by atoms with Crippen LogP contribution in [-0.2, 0) is 32.7 Å². The zero-order valence-electron chi connectivity index (χ0n) is 6.52. The second kappa shape index (κ2) is 3.45. The third-order valence-electron chi connectivity index (χ3n) is 1.37. The van der Waals surface area contributed by atoms with E-state index in [9.17, 15) is 0 Å². The van der Waals surface area contributed by atoms with Crippen molar-refractivity contribution in [3.63, 3.8) is 0 Å². The second-order valence-electron chi connectivity index (χ2n) is 2.20. The molecule has 2 aromatic rings. The average molecular weight is 237 g/mol. The summed E-state index contributed by atoms with van der Waals surface area (Å²) in [6, 6.07) is 0. The molecule has 0 unspecified atom stereocenters. The molecule has 0 bridgehead atoms. The van der Waals surface area contributed by atoms with Gasteiger partial charge in [-0.2, -0.15) is 0 Å². The molecule has 0 aliphatic heterocycles. The molecule has 1 radical (unpaired) electrons. The van der Waals surface area contributed by atoms with Gasteiger partial charge in [-0.15, -0.1) is 0 Å². The van der Waals surface area contributed by atoms with Crippen molar-refractivity contribution in [1.29, 1.82) is 0 Å². The van der Waals surface area contributed by atoms with E-state index in [4.69, 9.17) is 5.73 Å². The largest absolute Gasteiger partial charge is 0.383 e. The molecule has 6 heteroatoms. The number of nitrogens with two attached hydrogens (primary N) is 1. The van der Waals surface area contributed by atoms with Crippen LogP contribution >= 0.6 is 0 Å². The summed E-state index contributed by atoms with van der Waals surface area (Å²) in [5.41, 5.74) is 6.67. The van der Waals surface area contributed by atoms with Crippen LogP contribution in [-0.4, -0.2) is 15.0 Å². The van der Waals surface area contributed by atoms with Gasteiger partial charge in [-0.25, -0.2) is 4.98 Å². The van der Waals surface area contributed by atoms with E-state index in [1.807, 2.05) is 0 Å². The third-order valence-corrected chi connectivity index (χ3v) is 1.37. The van der Waals surface area contributed by atoms with E-state index in [1.54, 1.807) is 6.92 Å². The molecule has 0 aliphatic rings. The summed E-state index contributed by atoms with van der Waals surface area (Å²) >= 11 is 0. The average Bonchev–Trinajstić information content (AvgIpc) is 2.31. The summed E-state index contributed by atoms with van der Waals surface area (Å²) in [5.74, 6) is 1.06. The number of aromatic nitrogens is 4. The normalized spacial score (nSPS) is 9.75. The van der Waals surface area contributed by atoms with Crippen LogP contribution < -0.4 is 10.7 Å². The standard InChI is InChI=1S/C6H6N5.Y/c1-3-10-4-5(7)8-2-9-6(4)11-3;/h2H,1H3,(H2-,7,8,9,10,11);/q-1;. The Hall–Kier alpha value is -0.546. The van der Waals surface area contributed by atoms with Crippen molar-refractivity contribution in [2.45, 2.75) is 6.92 Å². The van der Waals surface area contributed by atoms with Crippen LogP contribution in [0.25, 0.3) is 11.2 Å². The van der Waals surface area contributed by atoms with Crippen LogP contribution in [0.2, 0.25) is 0 Å². The number of hydrogen-bond donors (Lipinski definition) is 1. The van der Waals surface area contributed by atoms with Gasteiger partial charge < -0.3 is 20.7 Å². The fourth-order valence-electron chi connectivity index (χ4n) is 0.912. The van der Waals surface area contributed by atoms with Crippen LogP contribution in [0.5, 0.6) is 0 Å². The first-order chi connectivity index (χ1) is 5.27. The van der Waals surface area contributed by atoms with Crippen LogP contribution in [0.4, 0.5) is 5.82 Å². The van der Waals surface area contributed by atoms with Gasteiger partial charge in [0.15, 0.2) is 0 Å². The molecule has 0 saturated heterocycles. The molecule has 0 aliphatic carbocycles. The van der Waals surface area contributed by atoms with Gasteiger partial charge in [-0.05, 0) is 12.7 Å². The van der Waals surface area contributed by atoms with Gasteiger partial charge in [-0.3, -0.25) is 0 Å². The molecular formula is C6H6N5Y-. The molecule has 2 heterocycles. The fraction of sp³-hybridized carbons (Fsp3) is 0.167. The molecule has 59 valence electrons. The number of anilines is 1. The van der Waals surface area contributed by atoms with Crippen molar-refractivity contribution in [2.24, 2.45) is 0 Å². The van der Waals surface area contributed by atoms with Gasteiger partial charge in [0.1, 0.15) is 5.82 Å². The molecule has 5 nitrogen and oxygen atoms in total. The van der Waals surface area contributed by atoms with Gasteiger partial charge in [0, 0.05) is 50.2 Å². The van der Waals surface area contributed by atoms with E-state index in [0.717, 1.165) is 0 Å². The Kier molecular flexibility index (Phi) is 2.74. The Bertz CT molecular complexity index is 396. The molecular weight excluding hydrogens is 231 g/mol. The molecule has 0 amide bonds. The van der Waals surface area contributed by atoms with Gasteiger partial charge in [0.25, 0.3) is 0 Å². The number of fused-ring (bicyclic) bond motifs is 1. The van der Waals surface area contributed by atoms with Crippen LogP contribution in [0.3, 0.4) is 0 Å². The second-order valence-corrected chi connectivity index (χ2v) is 2.20. The number of imidazole rings is 1. The molecule has 0 fully saturated rings. The maximum Gasteiger partial charge on any atom is 0.134 e. The molecule has 2 aromatic heterocycles. The Morgan fingerprint density at radius 1 is 1.42 bits per heavy atom. The Balaban J connectivity index is 0.000000720. The van der Waals surface area contributed by atoms with Crippen LogP contribution in [0.15, 0.2) is 6.33 Å². The monoisotopic (exact) mass is 237 g/mol. The number of nitrogens with zero attached hydrogens (tertiary/aromatic N) is 4. The molecule has 0 spiro atoms. The SMILES string of the molecule is Cc1nc2c(N)ncnc2[n-]1.[Y]. The minimum Gasteiger partial charge on any atom is -0.383 e. The van der Waals surface area contributed by atoms with E-state index in [0.29, 0.717) is 22.8 Å². The van der Waals surface area contributed by atoms with Crippen molar-refractivity contribution in [3.05, 3.63) is 12.2 Å². The van der Waals surface area contributed by atoms with Crippen molar-refractivity contribution < 1.29 is 32.7 Å². The summed E-state index contributed by atoms with van der Waals surface area (Å²) in [6.07, 6.45) is 1.38. The van der Waals surface area contributed by atoms with E-state index in [2.05, 4.69) is 19.9 Å². The van der Waals surface area contributed by atoms with Crippen molar-refractivity contribution >= 4 is 17.0 Å². The summed E-state index contributed by atoms with van der Waals surface area (Å²) in [6.45, 7) is 1.79. The van der Waals surface area contributed by atoms with Crippen molar-refractivity contribution in [2.75, 3.05) is 5.73 Å². The van der Waals surface area contributed by atoms with Gasteiger partial charge in [-0.1, -0.05) is 0 Å². The van der Waals surface area contributed by atoms with Gasteiger partial charge >= 0.3 is 0 Å². The van der Waals surface area contributed by atoms with E-state index in [1.165, 1.54) is 6.33 Å². The molecule has 2 rings (SSSR count). The number of nitrogen functional groups attached to an aromatic ring is 1. The van der Waals surface area contributed by atoms with Crippen molar-refractivity contribution in [1.82, 2.24) is 19.9 Å². The summed E-state index contributed by atoms with van der Waals surface area (Å²) in [4.78, 5) is 15.8.